The van der Waals surface area contributed by atoms with E-state index in [9.17, 15) is 9.59 Å². The van der Waals surface area contributed by atoms with Crippen LogP contribution in [0, 0.1) is 0 Å². The summed E-state index contributed by atoms with van der Waals surface area (Å²) in [6.07, 6.45) is 2.22. The third-order valence-electron chi connectivity index (χ3n) is 1.97. The minimum absolute atomic E-state index is 0.0947. The summed E-state index contributed by atoms with van der Waals surface area (Å²) >= 11 is 0. The SMILES string of the molecule is O=C1CC[C@H](C(=O)Nc2ncn[nH]2)N1. The number of nitrogens with zero attached hydrogens (tertiary/aromatic N) is 2. The number of carbonyl (C=O) groups excluding carboxylic acids is 2. The quantitative estimate of drug-likeness (QED) is 0.564. The first-order valence-corrected chi connectivity index (χ1v) is 4.21. The first-order chi connectivity index (χ1) is 6.75. The monoisotopic (exact) mass is 195 g/mol. The van der Waals surface area contributed by atoms with Gasteiger partial charge in [0.15, 0.2) is 0 Å². The minimum Gasteiger partial charge on any atom is -0.344 e. The molecule has 0 bridgehead atoms. The fraction of sp³-hybridized carbons (Fsp3) is 0.429. The number of rotatable bonds is 2. The maximum absolute atomic E-state index is 11.4. The molecule has 0 spiro atoms. The second-order valence-electron chi connectivity index (χ2n) is 2.98. The lowest BCUT2D eigenvalue weighted by molar-refractivity contribution is -0.122. The Morgan fingerprint density at radius 1 is 1.64 bits per heavy atom. The maximum Gasteiger partial charge on any atom is 0.249 e. The second-order valence-corrected chi connectivity index (χ2v) is 2.98. The molecule has 0 aliphatic carbocycles. The number of hydrogen-bond donors (Lipinski definition) is 3. The topological polar surface area (TPSA) is 99.8 Å². The molecule has 1 saturated heterocycles. The van der Waals surface area contributed by atoms with Gasteiger partial charge in [-0.15, -0.1) is 0 Å². The van der Waals surface area contributed by atoms with Crippen LogP contribution in [0.25, 0.3) is 0 Å². The van der Waals surface area contributed by atoms with Gasteiger partial charge in [-0.05, 0) is 6.42 Å². The number of H-pyrrole nitrogens is 1. The van der Waals surface area contributed by atoms with Crippen LogP contribution in [-0.4, -0.2) is 33.0 Å². The fourth-order valence-electron chi connectivity index (χ4n) is 1.28. The second kappa shape index (κ2) is 3.44. The molecule has 0 radical (unpaired) electrons. The third kappa shape index (κ3) is 1.70. The van der Waals surface area contributed by atoms with Crippen LogP contribution >= 0.6 is 0 Å². The Balaban J connectivity index is 1.93. The van der Waals surface area contributed by atoms with Crippen molar-refractivity contribution < 1.29 is 9.59 Å². The van der Waals surface area contributed by atoms with Crippen molar-refractivity contribution in [1.29, 1.82) is 0 Å². The van der Waals surface area contributed by atoms with E-state index >= 15 is 0 Å². The van der Waals surface area contributed by atoms with Gasteiger partial charge in [0.2, 0.25) is 17.8 Å². The molecule has 2 rings (SSSR count). The van der Waals surface area contributed by atoms with E-state index in [-0.39, 0.29) is 17.8 Å². The van der Waals surface area contributed by atoms with Crippen LogP contribution in [0.5, 0.6) is 0 Å². The number of amides is 2. The molecule has 7 nitrogen and oxygen atoms in total. The van der Waals surface area contributed by atoms with Gasteiger partial charge >= 0.3 is 0 Å². The predicted octanol–water partition coefficient (Wildman–Crippen LogP) is -0.978. The van der Waals surface area contributed by atoms with Gasteiger partial charge in [0.1, 0.15) is 12.4 Å². The summed E-state index contributed by atoms with van der Waals surface area (Å²) in [7, 11) is 0. The van der Waals surface area contributed by atoms with Gasteiger partial charge in [-0.25, -0.2) is 5.10 Å². The Kier molecular flexibility index (Phi) is 2.13. The van der Waals surface area contributed by atoms with E-state index in [1.54, 1.807) is 0 Å². The molecule has 74 valence electrons. The molecule has 0 unspecified atom stereocenters. The van der Waals surface area contributed by atoms with Gasteiger partial charge in [-0.3, -0.25) is 14.9 Å². The molecule has 2 amide bonds. The summed E-state index contributed by atoms with van der Waals surface area (Å²) in [5.74, 6) is -0.0773. The molecule has 1 fully saturated rings. The fourth-order valence-corrected chi connectivity index (χ4v) is 1.28. The van der Waals surface area contributed by atoms with E-state index in [1.807, 2.05) is 0 Å². The van der Waals surface area contributed by atoms with Crippen molar-refractivity contribution >= 4 is 17.8 Å². The molecule has 2 heterocycles. The highest BCUT2D eigenvalue weighted by atomic mass is 16.2. The minimum atomic E-state index is -0.451. The lowest BCUT2D eigenvalue weighted by Gasteiger charge is -2.07. The van der Waals surface area contributed by atoms with E-state index in [1.165, 1.54) is 6.33 Å². The van der Waals surface area contributed by atoms with E-state index < -0.39 is 6.04 Å². The van der Waals surface area contributed by atoms with Crippen LogP contribution in [-0.2, 0) is 9.59 Å². The molecule has 1 aromatic rings. The number of anilines is 1. The highest BCUT2D eigenvalue weighted by Crippen LogP contribution is 2.08. The van der Waals surface area contributed by atoms with Crippen molar-refractivity contribution in [3.8, 4) is 0 Å². The van der Waals surface area contributed by atoms with Crippen LogP contribution in [0.2, 0.25) is 0 Å². The molecule has 3 N–H and O–H groups in total. The molecule has 7 heteroatoms. The standard InChI is InChI=1S/C7H9N5O2/c13-5-2-1-4(10-5)6(14)11-7-8-3-9-12-7/h3-4H,1-2H2,(H,10,13)(H2,8,9,11,12,14)/t4-/m1/s1. The van der Waals surface area contributed by atoms with Crippen molar-refractivity contribution in [2.75, 3.05) is 5.32 Å². The number of hydrogen-bond acceptors (Lipinski definition) is 4. The Labute approximate surface area is 79.3 Å². The Bertz CT molecular complexity index is 347. The third-order valence-corrected chi connectivity index (χ3v) is 1.97. The molecular formula is C7H9N5O2. The Morgan fingerprint density at radius 3 is 3.07 bits per heavy atom. The summed E-state index contributed by atoms with van der Waals surface area (Å²) in [6, 6.07) is -0.451. The summed E-state index contributed by atoms with van der Waals surface area (Å²) in [4.78, 5) is 26.0. The van der Waals surface area contributed by atoms with Gasteiger partial charge in [0, 0.05) is 6.42 Å². The van der Waals surface area contributed by atoms with Crippen molar-refractivity contribution in [3.63, 3.8) is 0 Å². The van der Waals surface area contributed by atoms with Crippen molar-refractivity contribution in [1.82, 2.24) is 20.5 Å². The van der Waals surface area contributed by atoms with E-state index in [0.717, 1.165) is 0 Å². The maximum atomic E-state index is 11.4. The Morgan fingerprint density at radius 2 is 2.50 bits per heavy atom. The van der Waals surface area contributed by atoms with Crippen LogP contribution in [0.3, 0.4) is 0 Å². The van der Waals surface area contributed by atoms with E-state index in [2.05, 4.69) is 25.8 Å². The van der Waals surface area contributed by atoms with Crippen LogP contribution in [0.15, 0.2) is 6.33 Å². The highest BCUT2D eigenvalue weighted by molar-refractivity contribution is 5.97. The van der Waals surface area contributed by atoms with Crippen LogP contribution in [0.1, 0.15) is 12.8 Å². The van der Waals surface area contributed by atoms with Crippen molar-refractivity contribution in [3.05, 3.63) is 6.33 Å². The summed E-state index contributed by atoms with van der Waals surface area (Å²) in [5, 5.41) is 11.1. The van der Waals surface area contributed by atoms with Gasteiger partial charge in [0.05, 0.1) is 0 Å². The van der Waals surface area contributed by atoms with Gasteiger partial charge in [0.25, 0.3) is 0 Å². The lowest BCUT2D eigenvalue weighted by atomic mass is 10.2. The number of aromatic amines is 1. The zero-order valence-electron chi connectivity index (χ0n) is 7.28. The Hall–Kier alpha value is -1.92. The molecule has 0 aromatic carbocycles. The number of aromatic nitrogens is 3. The highest BCUT2D eigenvalue weighted by Gasteiger charge is 2.27. The molecule has 1 aliphatic heterocycles. The molecule has 0 saturated carbocycles. The average molecular weight is 195 g/mol. The number of carbonyl (C=O) groups is 2. The molecule has 1 atom stereocenters. The predicted molar refractivity (Wildman–Crippen MR) is 46.2 cm³/mol. The summed E-state index contributed by atoms with van der Waals surface area (Å²) < 4.78 is 0. The van der Waals surface area contributed by atoms with E-state index in [0.29, 0.717) is 12.8 Å². The van der Waals surface area contributed by atoms with Crippen LogP contribution in [0.4, 0.5) is 5.95 Å². The first kappa shape index (κ1) is 8.67. The smallest absolute Gasteiger partial charge is 0.249 e. The molecular weight excluding hydrogens is 186 g/mol. The largest absolute Gasteiger partial charge is 0.344 e. The zero-order valence-corrected chi connectivity index (χ0v) is 7.28. The number of nitrogens with one attached hydrogen (secondary N) is 3. The van der Waals surface area contributed by atoms with Gasteiger partial charge < -0.3 is 5.32 Å². The van der Waals surface area contributed by atoms with Gasteiger partial charge in [-0.2, -0.15) is 10.1 Å². The molecule has 14 heavy (non-hydrogen) atoms. The van der Waals surface area contributed by atoms with E-state index in [4.69, 9.17) is 0 Å². The van der Waals surface area contributed by atoms with Crippen molar-refractivity contribution in [2.45, 2.75) is 18.9 Å². The molecule has 1 aliphatic rings. The van der Waals surface area contributed by atoms with Crippen LogP contribution < -0.4 is 10.6 Å². The zero-order chi connectivity index (χ0) is 9.97. The lowest BCUT2D eigenvalue weighted by Crippen LogP contribution is -2.37. The first-order valence-electron chi connectivity index (χ1n) is 4.21. The van der Waals surface area contributed by atoms with Crippen molar-refractivity contribution in [2.24, 2.45) is 0 Å². The molecule has 1 aromatic heterocycles. The summed E-state index contributed by atoms with van der Waals surface area (Å²) in [5.41, 5.74) is 0. The average Bonchev–Trinajstić information content (AvgIpc) is 2.75. The van der Waals surface area contributed by atoms with Gasteiger partial charge in [-0.1, -0.05) is 0 Å². The normalized spacial score (nSPS) is 20.6. The summed E-state index contributed by atoms with van der Waals surface area (Å²) in [6.45, 7) is 0.